The molecule has 0 spiro atoms. The number of benzene rings is 1. The fourth-order valence-corrected chi connectivity index (χ4v) is 2.29. The lowest BCUT2D eigenvalue weighted by Gasteiger charge is -2.16. The van der Waals surface area contributed by atoms with E-state index in [0.717, 1.165) is 16.5 Å². The minimum absolute atomic E-state index is 0.445. The van der Waals surface area contributed by atoms with Crippen molar-refractivity contribution >= 4 is 21.9 Å². The lowest BCUT2D eigenvalue weighted by molar-refractivity contribution is -0.139. The van der Waals surface area contributed by atoms with E-state index in [9.17, 15) is 4.79 Å². The zero-order chi connectivity index (χ0) is 15.8. The molecule has 1 aromatic rings. The Bertz CT molecular complexity index is 479. The van der Waals surface area contributed by atoms with Crippen LogP contribution >= 0.6 is 15.9 Å². The van der Waals surface area contributed by atoms with Crippen LogP contribution in [0.2, 0.25) is 0 Å². The van der Waals surface area contributed by atoms with Crippen LogP contribution in [-0.4, -0.2) is 30.3 Å². The molecule has 0 saturated carbocycles. The molecule has 0 aliphatic carbocycles. The Hall–Kier alpha value is -1.27. The number of carboxylic acids is 1. The maximum Gasteiger partial charge on any atom is 0.320 e. The van der Waals surface area contributed by atoms with Crippen molar-refractivity contribution in [1.29, 1.82) is 0 Å². The van der Waals surface area contributed by atoms with Gasteiger partial charge in [0.05, 0.1) is 17.7 Å². The third-order valence-electron chi connectivity index (χ3n) is 2.80. The maximum absolute atomic E-state index is 10.8. The van der Waals surface area contributed by atoms with Gasteiger partial charge in [0.2, 0.25) is 0 Å². The Morgan fingerprint density at radius 3 is 2.67 bits per heavy atom. The molecule has 1 atom stereocenters. The molecule has 1 unspecified atom stereocenters. The number of hydrogen-bond donors (Lipinski definition) is 2. The quantitative estimate of drug-likeness (QED) is 0.708. The summed E-state index contributed by atoms with van der Waals surface area (Å²) in [6.45, 7) is 7.16. The van der Waals surface area contributed by atoms with Crippen LogP contribution < -0.4 is 14.8 Å². The van der Waals surface area contributed by atoms with Crippen LogP contribution in [-0.2, 0) is 11.3 Å². The number of hydrogen-bond acceptors (Lipinski definition) is 4. The van der Waals surface area contributed by atoms with Crippen molar-refractivity contribution in [3.8, 4) is 11.5 Å². The number of nitrogens with one attached hydrogen (secondary N) is 1. The van der Waals surface area contributed by atoms with Gasteiger partial charge in [-0.1, -0.05) is 6.92 Å². The number of carbonyl (C=O) groups is 1. The van der Waals surface area contributed by atoms with Crippen LogP contribution in [0, 0.1) is 0 Å². The van der Waals surface area contributed by atoms with Crippen LogP contribution in [0.15, 0.2) is 16.6 Å². The first kappa shape index (κ1) is 17.8. The number of ether oxygens (including phenoxy) is 2. The second-order valence-corrected chi connectivity index (χ2v) is 5.48. The minimum Gasteiger partial charge on any atom is -0.490 e. The summed E-state index contributed by atoms with van der Waals surface area (Å²) in [6.07, 6.45) is 0.914. The summed E-state index contributed by atoms with van der Waals surface area (Å²) < 4.78 is 12.1. The summed E-state index contributed by atoms with van der Waals surface area (Å²) in [5.41, 5.74) is 0.933. The molecule has 0 aliphatic rings. The van der Waals surface area contributed by atoms with Crippen LogP contribution in [0.25, 0.3) is 0 Å². The van der Waals surface area contributed by atoms with E-state index < -0.39 is 12.0 Å². The SMILES string of the molecule is CCCOc1c(Br)cc(CNC(C)C(=O)O)cc1OCC. The molecule has 1 rings (SSSR count). The minimum atomic E-state index is -0.873. The zero-order valence-electron chi connectivity index (χ0n) is 12.6. The van der Waals surface area contributed by atoms with Gasteiger partial charge in [0.1, 0.15) is 6.04 Å². The molecule has 1 aromatic carbocycles. The van der Waals surface area contributed by atoms with Gasteiger partial charge in [0.25, 0.3) is 0 Å². The van der Waals surface area contributed by atoms with Crippen molar-refractivity contribution in [1.82, 2.24) is 5.32 Å². The van der Waals surface area contributed by atoms with Crippen LogP contribution in [0.4, 0.5) is 0 Å². The molecule has 0 aliphatic heterocycles. The fourth-order valence-electron chi connectivity index (χ4n) is 1.69. The summed E-state index contributed by atoms with van der Waals surface area (Å²) in [5, 5.41) is 11.8. The summed E-state index contributed by atoms with van der Waals surface area (Å²) in [4.78, 5) is 10.8. The average molecular weight is 360 g/mol. The van der Waals surface area contributed by atoms with Gasteiger partial charge in [-0.15, -0.1) is 0 Å². The molecule has 0 fully saturated rings. The highest BCUT2D eigenvalue weighted by atomic mass is 79.9. The molecule has 6 heteroatoms. The molecule has 118 valence electrons. The Balaban J connectivity index is 2.89. The van der Waals surface area contributed by atoms with Crippen molar-refractivity contribution in [2.24, 2.45) is 0 Å². The average Bonchev–Trinajstić information content (AvgIpc) is 2.44. The number of rotatable bonds is 9. The predicted octanol–water partition coefficient (Wildman–Crippen LogP) is 3.20. The third kappa shape index (κ3) is 5.55. The topological polar surface area (TPSA) is 67.8 Å². The molecule has 0 radical (unpaired) electrons. The van der Waals surface area contributed by atoms with Crippen molar-refractivity contribution in [3.05, 3.63) is 22.2 Å². The molecule has 0 saturated heterocycles. The summed E-state index contributed by atoms with van der Waals surface area (Å²) in [7, 11) is 0. The largest absolute Gasteiger partial charge is 0.490 e. The summed E-state index contributed by atoms with van der Waals surface area (Å²) >= 11 is 3.49. The van der Waals surface area contributed by atoms with E-state index in [1.54, 1.807) is 6.92 Å². The molecular formula is C15H22BrNO4. The van der Waals surface area contributed by atoms with Crippen LogP contribution in [0.1, 0.15) is 32.8 Å². The van der Waals surface area contributed by atoms with Crippen LogP contribution in [0.3, 0.4) is 0 Å². The van der Waals surface area contributed by atoms with Gasteiger partial charge in [0, 0.05) is 6.54 Å². The molecule has 2 N–H and O–H groups in total. The molecular weight excluding hydrogens is 338 g/mol. The highest BCUT2D eigenvalue weighted by molar-refractivity contribution is 9.10. The Morgan fingerprint density at radius 1 is 1.38 bits per heavy atom. The number of halogens is 1. The van der Waals surface area contributed by atoms with Gasteiger partial charge >= 0.3 is 5.97 Å². The van der Waals surface area contributed by atoms with Crippen molar-refractivity contribution in [3.63, 3.8) is 0 Å². The lowest BCUT2D eigenvalue weighted by Crippen LogP contribution is -2.33. The van der Waals surface area contributed by atoms with Crippen molar-refractivity contribution in [2.45, 2.75) is 39.8 Å². The Kier molecular flexibility index (Phi) is 7.53. The summed E-state index contributed by atoms with van der Waals surface area (Å²) in [5.74, 6) is 0.482. The molecule has 0 aromatic heterocycles. The predicted molar refractivity (Wildman–Crippen MR) is 85.0 cm³/mol. The van der Waals surface area contributed by atoms with Gasteiger partial charge in [0.15, 0.2) is 11.5 Å². The Morgan fingerprint density at radius 2 is 2.10 bits per heavy atom. The van der Waals surface area contributed by atoms with E-state index in [0.29, 0.717) is 31.3 Å². The van der Waals surface area contributed by atoms with Gasteiger partial charge in [-0.2, -0.15) is 0 Å². The van der Waals surface area contributed by atoms with E-state index in [2.05, 4.69) is 21.2 Å². The summed E-state index contributed by atoms with van der Waals surface area (Å²) in [6, 6.07) is 3.19. The standard InChI is InChI=1S/C15H22BrNO4/c1-4-6-21-14-12(16)7-11(8-13(14)20-5-2)9-17-10(3)15(18)19/h7-8,10,17H,4-6,9H2,1-3H3,(H,18,19). The highest BCUT2D eigenvalue weighted by Gasteiger charge is 2.14. The number of aliphatic carboxylic acids is 1. The van der Waals surface area contributed by atoms with E-state index in [1.165, 1.54) is 0 Å². The van der Waals surface area contributed by atoms with Crippen LogP contribution in [0.5, 0.6) is 11.5 Å². The first-order valence-electron chi connectivity index (χ1n) is 7.03. The molecule has 0 amide bonds. The normalized spacial score (nSPS) is 12.0. The molecule has 5 nitrogen and oxygen atoms in total. The van der Waals surface area contributed by atoms with E-state index in [4.69, 9.17) is 14.6 Å². The Labute approximate surface area is 133 Å². The zero-order valence-corrected chi connectivity index (χ0v) is 14.2. The van der Waals surface area contributed by atoms with E-state index in [1.807, 2.05) is 26.0 Å². The van der Waals surface area contributed by atoms with E-state index >= 15 is 0 Å². The van der Waals surface area contributed by atoms with E-state index in [-0.39, 0.29) is 0 Å². The second-order valence-electron chi connectivity index (χ2n) is 4.63. The monoisotopic (exact) mass is 359 g/mol. The lowest BCUT2D eigenvalue weighted by atomic mass is 10.2. The smallest absolute Gasteiger partial charge is 0.320 e. The molecule has 21 heavy (non-hydrogen) atoms. The molecule has 0 heterocycles. The second kappa shape index (κ2) is 8.89. The maximum atomic E-state index is 10.8. The highest BCUT2D eigenvalue weighted by Crippen LogP contribution is 2.37. The van der Waals surface area contributed by atoms with Gasteiger partial charge < -0.3 is 19.9 Å². The van der Waals surface area contributed by atoms with Crippen molar-refractivity contribution in [2.75, 3.05) is 13.2 Å². The molecule has 0 bridgehead atoms. The first-order valence-corrected chi connectivity index (χ1v) is 7.83. The first-order chi connectivity index (χ1) is 9.99. The van der Waals surface area contributed by atoms with Crippen molar-refractivity contribution < 1.29 is 19.4 Å². The number of carboxylic acid groups (broad SMARTS) is 1. The van der Waals surface area contributed by atoms with Gasteiger partial charge in [-0.25, -0.2) is 0 Å². The fraction of sp³-hybridized carbons (Fsp3) is 0.533. The van der Waals surface area contributed by atoms with Gasteiger partial charge in [-0.05, 0) is 53.9 Å². The van der Waals surface area contributed by atoms with Gasteiger partial charge in [-0.3, -0.25) is 4.79 Å². The third-order valence-corrected chi connectivity index (χ3v) is 3.39.